The fourth-order valence-electron chi connectivity index (χ4n) is 1.19. The summed E-state index contributed by atoms with van der Waals surface area (Å²) in [5, 5.41) is 1.82. The maximum atomic E-state index is 12.8. The van der Waals surface area contributed by atoms with Gasteiger partial charge in [0, 0.05) is 0 Å². The smallest absolute Gasteiger partial charge is 0.318 e. The number of ether oxygens (including phenoxy) is 1. The highest BCUT2D eigenvalue weighted by Gasteiger charge is 2.17. The lowest BCUT2D eigenvalue weighted by Gasteiger charge is -2.14. The van der Waals surface area contributed by atoms with Crippen molar-refractivity contribution in [2.45, 2.75) is 13.0 Å². The van der Waals surface area contributed by atoms with E-state index in [-0.39, 0.29) is 11.3 Å². The van der Waals surface area contributed by atoms with Crippen LogP contribution < -0.4 is 15.8 Å². The molecule has 0 radical (unpaired) electrons. The number of hydrogen-bond acceptors (Lipinski definition) is 4. The number of benzene rings is 1. The number of carbonyl (C=O) groups excluding carboxylic acids is 3. The zero-order valence-corrected chi connectivity index (χ0v) is 9.48. The predicted molar refractivity (Wildman–Crippen MR) is 59.6 cm³/mol. The van der Waals surface area contributed by atoms with Crippen molar-refractivity contribution in [2.24, 2.45) is 5.73 Å². The molecule has 1 aromatic carbocycles. The van der Waals surface area contributed by atoms with Gasteiger partial charge >= 0.3 is 6.03 Å². The van der Waals surface area contributed by atoms with E-state index in [0.29, 0.717) is 6.29 Å². The van der Waals surface area contributed by atoms with Gasteiger partial charge in [0.2, 0.25) is 0 Å². The zero-order chi connectivity index (χ0) is 13.7. The fraction of sp³-hybridized carbons (Fsp3) is 0.182. The van der Waals surface area contributed by atoms with E-state index < -0.39 is 23.9 Å². The molecule has 0 aromatic heterocycles. The molecule has 0 bridgehead atoms. The number of aldehydes is 1. The van der Waals surface area contributed by atoms with Crippen molar-refractivity contribution < 1.29 is 23.5 Å². The summed E-state index contributed by atoms with van der Waals surface area (Å²) >= 11 is 0. The highest BCUT2D eigenvalue weighted by Crippen LogP contribution is 2.19. The van der Waals surface area contributed by atoms with Gasteiger partial charge in [0.25, 0.3) is 5.91 Å². The molecule has 1 unspecified atom stereocenters. The van der Waals surface area contributed by atoms with Gasteiger partial charge in [-0.2, -0.15) is 0 Å². The minimum absolute atomic E-state index is 0.0336. The third kappa shape index (κ3) is 3.55. The van der Waals surface area contributed by atoms with Gasteiger partial charge in [-0.1, -0.05) is 0 Å². The summed E-state index contributed by atoms with van der Waals surface area (Å²) in [6.45, 7) is 1.36. The fourth-order valence-corrected chi connectivity index (χ4v) is 1.19. The molecule has 0 aliphatic carbocycles. The summed E-state index contributed by atoms with van der Waals surface area (Å²) in [7, 11) is 0. The van der Waals surface area contributed by atoms with Crippen LogP contribution >= 0.6 is 0 Å². The third-order valence-corrected chi connectivity index (χ3v) is 2.02. The van der Waals surface area contributed by atoms with Crippen molar-refractivity contribution in [1.82, 2.24) is 5.32 Å². The molecule has 0 saturated carbocycles. The number of rotatable bonds is 4. The van der Waals surface area contributed by atoms with Crippen molar-refractivity contribution in [3.8, 4) is 5.75 Å². The molecule has 1 atom stereocenters. The maximum Gasteiger partial charge on any atom is 0.318 e. The number of urea groups is 1. The molecule has 0 saturated heterocycles. The Bertz CT molecular complexity index is 490. The standard InChI is InChI=1S/C11H11FN2O4/c1-6(10(16)14-11(13)17)18-9-3-2-8(12)4-7(9)5-15/h2-6H,1H3,(H3,13,14,16,17). The van der Waals surface area contributed by atoms with Gasteiger partial charge in [-0.3, -0.25) is 14.9 Å². The number of halogens is 1. The van der Waals surface area contributed by atoms with E-state index in [2.05, 4.69) is 0 Å². The Kier molecular flexibility index (Phi) is 4.36. The van der Waals surface area contributed by atoms with E-state index in [9.17, 15) is 18.8 Å². The first-order valence-electron chi connectivity index (χ1n) is 4.95. The molecule has 0 aliphatic heterocycles. The minimum Gasteiger partial charge on any atom is -0.480 e. The van der Waals surface area contributed by atoms with Gasteiger partial charge in [0.15, 0.2) is 12.4 Å². The highest BCUT2D eigenvalue weighted by molar-refractivity contribution is 5.95. The van der Waals surface area contributed by atoms with Crippen molar-refractivity contribution in [1.29, 1.82) is 0 Å². The van der Waals surface area contributed by atoms with Crippen LogP contribution in [-0.2, 0) is 4.79 Å². The first-order chi connectivity index (χ1) is 8.43. The normalized spacial score (nSPS) is 11.4. The van der Waals surface area contributed by atoms with E-state index in [1.54, 1.807) is 0 Å². The molecular weight excluding hydrogens is 243 g/mol. The molecule has 3 N–H and O–H groups in total. The maximum absolute atomic E-state index is 12.8. The molecule has 18 heavy (non-hydrogen) atoms. The number of amides is 3. The minimum atomic E-state index is -1.05. The van der Waals surface area contributed by atoms with Crippen molar-refractivity contribution in [3.05, 3.63) is 29.6 Å². The van der Waals surface area contributed by atoms with Crippen LogP contribution in [0.15, 0.2) is 18.2 Å². The summed E-state index contributed by atoms with van der Waals surface area (Å²) in [5.41, 5.74) is 4.73. The lowest BCUT2D eigenvalue weighted by Crippen LogP contribution is -2.42. The van der Waals surface area contributed by atoms with E-state index in [1.165, 1.54) is 13.0 Å². The lowest BCUT2D eigenvalue weighted by atomic mass is 10.2. The zero-order valence-electron chi connectivity index (χ0n) is 9.48. The Balaban J connectivity index is 2.81. The summed E-state index contributed by atoms with van der Waals surface area (Å²) in [4.78, 5) is 32.5. The van der Waals surface area contributed by atoms with Crippen LogP contribution in [-0.4, -0.2) is 24.3 Å². The molecule has 0 aliphatic rings. The van der Waals surface area contributed by atoms with Crippen molar-refractivity contribution >= 4 is 18.2 Å². The van der Waals surface area contributed by atoms with Gasteiger partial charge in [0.05, 0.1) is 5.56 Å². The summed E-state index contributed by atoms with van der Waals surface area (Å²) in [6.07, 6.45) is -0.654. The van der Waals surface area contributed by atoms with E-state index >= 15 is 0 Å². The van der Waals surface area contributed by atoms with E-state index in [1.807, 2.05) is 5.32 Å². The number of nitrogens with two attached hydrogens (primary N) is 1. The summed E-state index contributed by atoms with van der Waals surface area (Å²) in [6, 6.07) is 2.26. The monoisotopic (exact) mass is 254 g/mol. The topological polar surface area (TPSA) is 98.5 Å². The first kappa shape index (κ1) is 13.6. The molecule has 96 valence electrons. The van der Waals surface area contributed by atoms with Gasteiger partial charge in [-0.15, -0.1) is 0 Å². The molecule has 0 fully saturated rings. The summed E-state index contributed by atoms with van der Waals surface area (Å²) < 4.78 is 18.0. The molecule has 6 nitrogen and oxygen atoms in total. The Labute approximate surface area is 102 Å². The molecule has 3 amide bonds. The number of nitrogens with one attached hydrogen (secondary N) is 1. The quantitative estimate of drug-likeness (QED) is 0.768. The third-order valence-electron chi connectivity index (χ3n) is 2.02. The number of imide groups is 1. The Morgan fingerprint density at radius 2 is 2.17 bits per heavy atom. The van der Waals surface area contributed by atoms with Gasteiger partial charge < -0.3 is 10.5 Å². The second kappa shape index (κ2) is 5.76. The second-order valence-corrected chi connectivity index (χ2v) is 3.41. The average Bonchev–Trinajstić information content (AvgIpc) is 2.30. The molecule has 1 rings (SSSR count). The largest absolute Gasteiger partial charge is 0.480 e. The predicted octanol–water partition coefficient (Wildman–Crippen LogP) is 0.600. The average molecular weight is 254 g/mol. The van der Waals surface area contributed by atoms with Crippen molar-refractivity contribution in [3.63, 3.8) is 0 Å². The van der Waals surface area contributed by atoms with Crippen LogP contribution in [0, 0.1) is 5.82 Å². The van der Waals surface area contributed by atoms with Gasteiger partial charge in [0.1, 0.15) is 11.6 Å². The van der Waals surface area contributed by atoms with Crippen LogP contribution in [0.1, 0.15) is 17.3 Å². The summed E-state index contributed by atoms with van der Waals surface area (Å²) in [5.74, 6) is -1.32. The van der Waals surface area contributed by atoms with Gasteiger partial charge in [-0.25, -0.2) is 9.18 Å². The molecule has 0 heterocycles. The lowest BCUT2D eigenvalue weighted by molar-refractivity contribution is -0.126. The van der Waals surface area contributed by atoms with Crippen LogP contribution in [0.3, 0.4) is 0 Å². The number of carbonyl (C=O) groups is 3. The van der Waals surface area contributed by atoms with Gasteiger partial charge in [-0.05, 0) is 25.1 Å². The molecule has 1 aromatic rings. The second-order valence-electron chi connectivity index (χ2n) is 3.41. The molecular formula is C11H11FN2O4. The Hall–Kier alpha value is -2.44. The highest BCUT2D eigenvalue weighted by atomic mass is 19.1. The SMILES string of the molecule is CC(Oc1ccc(F)cc1C=O)C(=O)NC(N)=O. The van der Waals surface area contributed by atoms with Crippen LogP contribution in [0.5, 0.6) is 5.75 Å². The first-order valence-corrected chi connectivity index (χ1v) is 4.95. The van der Waals surface area contributed by atoms with Crippen LogP contribution in [0.25, 0.3) is 0 Å². The van der Waals surface area contributed by atoms with Crippen molar-refractivity contribution in [2.75, 3.05) is 0 Å². The number of hydrogen-bond donors (Lipinski definition) is 2. The van der Waals surface area contributed by atoms with E-state index in [4.69, 9.17) is 10.5 Å². The van der Waals surface area contributed by atoms with E-state index in [0.717, 1.165) is 12.1 Å². The molecule has 0 spiro atoms. The van der Waals surface area contributed by atoms with Crippen LogP contribution in [0.2, 0.25) is 0 Å². The number of primary amides is 1. The van der Waals surface area contributed by atoms with Crippen LogP contribution in [0.4, 0.5) is 9.18 Å². The Morgan fingerprint density at radius 1 is 1.50 bits per heavy atom. The Morgan fingerprint density at radius 3 is 2.72 bits per heavy atom. The molecule has 7 heteroatoms.